The maximum absolute atomic E-state index is 12.7. The van der Waals surface area contributed by atoms with E-state index in [1.54, 1.807) is 0 Å². The van der Waals surface area contributed by atoms with Crippen molar-refractivity contribution in [2.75, 3.05) is 18.9 Å². The second-order valence-corrected chi connectivity index (χ2v) is 4.67. The van der Waals surface area contributed by atoms with E-state index in [1.165, 1.54) is 36.1 Å². The smallest absolute Gasteiger partial charge is 0.358 e. The molecule has 0 spiro atoms. The third-order valence-electron chi connectivity index (χ3n) is 2.96. The minimum Gasteiger partial charge on any atom is -0.358 e. The summed E-state index contributed by atoms with van der Waals surface area (Å²) in [6.07, 6.45) is -3.05. The van der Waals surface area contributed by atoms with Gasteiger partial charge in [0, 0.05) is 19.3 Å². The molecule has 128 valence electrons. The number of alkyl halides is 3. The van der Waals surface area contributed by atoms with Crippen molar-refractivity contribution in [3.63, 3.8) is 0 Å². The number of likely N-dealkylation sites (N-methyl/N-ethyl adjacent to an activating group) is 1. The van der Waals surface area contributed by atoms with Gasteiger partial charge in [0.15, 0.2) is 5.82 Å². The topological polar surface area (TPSA) is 88.0 Å². The van der Waals surface area contributed by atoms with E-state index in [0.29, 0.717) is 0 Å². The minimum absolute atomic E-state index is 0.127. The number of hydrogen-bond acceptors (Lipinski definition) is 3. The molecule has 7 nitrogen and oxygen atoms in total. The van der Waals surface area contributed by atoms with E-state index >= 15 is 0 Å². The fourth-order valence-electron chi connectivity index (χ4n) is 1.77. The summed E-state index contributed by atoms with van der Waals surface area (Å²) in [5.41, 5.74) is -0.600. The van der Waals surface area contributed by atoms with E-state index in [9.17, 15) is 22.8 Å². The van der Waals surface area contributed by atoms with Crippen LogP contribution in [0.1, 0.15) is 5.56 Å². The molecule has 0 aliphatic rings. The molecular weight excluding hydrogens is 327 g/mol. The molecule has 2 rings (SSSR count). The quantitative estimate of drug-likeness (QED) is 0.792. The first-order valence-corrected chi connectivity index (χ1v) is 6.78. The van der Waals surface area contributed by atoms with Gasteiger partial charge in [-0.05, 0) is 18.2 Å². The first-order chi connectivity index (χ1) is 11.3. The molecule has 0 radical (unpaired) electrons. The highest BCUT2D eigenvalue weighted by Gasteiger charge is 2.30. The van der Waals surface area contributed by atoms with Gasteiger partial charge < -0.3 is 10.6 Å². The Morgan fingerprint density at radius 1 is 1.25 bits per heavy atom. The van der Waals surface area contributed by atoms with Crippen molar-refractivity contribution in [1.29, 1.82) is 0 Å². The fraction of sp³-hybridized carbons (Fsp3) is 0.214. The molecule has 1 aromatic carbocycles. The van der Waals surface area contributed by atoms with Gasteiger partial charge in [-0.25, -0.2) is 9.48 Å². The number of aromatic nitrogens is 2. The van der Waals surface area contributed by atoms with Crippen LogP contribution in [0, 0.1) is 0 Å². The normalized spacial score (nSPS) is 11.0. The molecule has 0 fully saturated rings. The number of nitrogens with one attached hydrogen (secondary N) is 3. The number of rotatable bonds is 4. The van der Waals surface area contributed by atoms with Crippen LogP contribution in [0.2, 0.25) is 0 Å². The van der Waals surface area contributed by atoms with E-state index in [1.807, 2.05) is 0 Å². The van der Waals surface area contributed by atoms with E-state index in [0.717, 1.165) is 12.1 Å². The average Bonchev–Trinajstić information content (AvgIpc) is 3.00. The van der Waals surface area contributed by atoms with Gasteiger partial charge in [0.1, 0.15) is 0 Å². The highest BCUT2D eigenvalue weighted by Crippen LogP contribution is 2.30. The number of carbonyl (C=O) groups excluding carboxylic acids is 2. The molecule has 3 N–H and O–H groups in total. The molecule has 0 bridgehead atoms. The first kappa shape index (κ1) is 17.3. The summed E-state index contributed by atoms with van der Waals surface area (Å²) in [6.45, 7) is -0.212. The zero-order valence-corrected chi connectivity index (χ0v) is 12.5. The molecule has 1 aromatic heterocycles. The van der Waals surface area contributed by atoms with Crippen LogP contribution in [0.3, 0.4) is 0 Å². The second kappa shape index (κ2) is 7.02. The van der Waals surface area contributed by atoms with Crippen LogP contribution in [0.15, 0.2) is 36.5 Å². The van der Waals surface area contributed by atoms with Crippen LogP contribution in [-0.2, 0) is 11.0 Å². The SMILES string of the molecule is CNC(=O)CNC(=O)Nc1ccn(-c2cccc(C(F)(F)F)c2)n1. The molecule has 10 heteroatoms. The Hall–Kier alpha value is -3.04. The summed E-state index contributed by atoms with van der Waals surface area (Å²) >= 11 is 0. The Labute approximate surface area is 134 Å². The summed E-state index contributed by atoms with van der Waals surface area (Å²) in [6, 6.07) is 5.38. The third-order valence-corrected chi connectivity index (χ3v) is 2.96. The van der Waals surface area contributed by atoms with Crippen LogP contribution in [-0.4, -0.2) is 35.3 Å². The molecule has 0 aliphatic carbocycles. The molecule has 3 amide bonds. The van der Waals surface area contributed by atoms with E-state index in [-0.39, 0.29) is 24.0 Å². The Morgan fingerprint density at radius 3 is 2.67 bits per heavy atom. The van der Waals surface area contributed by atoms with E-state index < -0.39 is 17.8 Å². The summed E-state index contributed by atoms with van der Waals surface area (Å²) in [5, 5.41) is 11.0. The van der Waals surface area contributed by atoms with Gasteiger partial charge in [-0.3, -0.25) is 10.1 Å². The van der Waals surface area contributed by atoms with Crippen molar-refractivity contribution in [3.05, 3.63) is 42.1 Å². The van der Waals surface area contributed by atoms with Crippen LogP contribution >= 0.6 is 0 Å². The summed E-state index contributed by atoms with van der Waals surface area (Å²) in [7, 11) is 1.43. The van der Waals surface area contributed by atoms with E-state index in [2.05, 4.69) is 21.0 Å². The highest BCUT2D eigenvalue weighted by atomic mass is 19.4. The fourth-order valence-corrected chi connectivity index (χ4v) is 1.77. The van der Waals surface area contributed by atoms with E-state index in [4.69, 9.17) is 0 Å². The van der Waals surface area contributed by atoms with Crippen molar-refractivity contribution in [2.24, 2.45) is 0 Å². The minimum atomic E-state index is -4.45. The van der Waals surface area contributed by atoms with Crippen molar-refractivity contribution in [1.82, 2.24) is 20.4 Å². The number of carbonyl (C=O) groups is 2. The third kappa shape index (κ3) is 4.48. The number of nitrogens with zero attached hydrogens (tertiary/aromatic N) is 2. The Morgan fingerprint density at radius 2 is 2.00 bits per heavy atom. The van der Waals surface area contributed by atoms with Gasteiger partial charge in [0.05, 0.1) is 17.8 Å². The van der Waals surface area contributed by atoms with Gasteiger partial charge in [-0.1, -0.05) is 6.07 Å². The lowest BCUT2D eigenvalue weighted by Gasteiger charge is -2.08. The number of halogens is 3. The lowest BCUT2D eigenvalue weighted by molar-refractivity contribution is -0.137. The number of amides is 3. The monoisotopic (exact) mass is 341 g/mol. The Kier molecular flexibility index (Phi) is 5.07. The average molecular weight is 341 g/mol. The first-order valence-electron chi connectivity index (χ1n) is 6.78. The van der Waals surface area contributed by atoms with Gasteiger partial charge >= 0.3 is 12.2 Å². The largest absolute Gasteiger partial charge is 0.416 e. The molecule has 0 atom stereocenters. The van der Waals surface area contributed by atoms with Crippen molar-refractivity contribution >= 4 is 17.8 Å². The summed E-state index contributed by atoms with van der Waals surface area (Å²) in [4.78, 5) is 22.6. The molecule has 0 aliphatic heterocycles. The zero-order valence-electron chi connectivity index (χ0n) is 12.5. The predicted octanol–water partition coefficient (Wildman–Crippen LogP) is 1.76. The van der Waals surface area contributed by atoms with Crippen LogP contribution in [0.25, 0.3) is 5.69 Å². The molecule has 24 heavy (non-hydrogen) atoms. The van der Waals surface area contributed by atoms with Crippen molar-refractivity contribution in [3.8, 4) is 5.69 Å². The van der Waals surface area contributed by atoms with Gasteiger partial charge in [-0.15, -0.1) is 5.10 Å². The molecule has 0 unspecified atom stereocenters. The number of benzene rings is 1. The lowest BCUT2D eigenvalue weighted by atomic mass is 10.2. The number of anilines is 1. The molecular formula is C14H14F3N5O2. The molecule has 0 saturated heterocycles. The lowest BCUT2D eigenvalue weighted by Crippen LogP contribution is -2.37. The maximum atomic E-state index is 12.7. The Balaban J connectivity index is 2.06. The summed E-state index contributed by atoms with van der Waals surface area (Å²) < 4.78 is 39.3. The number of hydrogen-bond donors (Lipinski definition) is 3. The second-order valence-electron chi connectivity index (χ2n) is 4.67. The van der Waals surface area contributed by atoms with Crippen LogP contribution < -0.4 is 16.0 Å². The van der Waals surface area contributed by atoms with Gasteiger partial charge in [0.25, 0.3) is 0 Å². The van der Waals surface area contributed by atoms with Crippen molar-refractivity contribution in [2.45, 2.75) is 6.18 Å². The molecule has 0 saturated carbocycles. The van der Waals surface area contributed by atoms with Crippen LogP contribution in [0.5, 0.6) is 0 Å². The molecule has 2 aromatic rings. The van der Waals surface area contributed by atoms with Gasteiger partial charge in [-0.2, -0.15) is 13.2 Å². The van der Waals surface area contributed by atoms with Crippen LogP contribution in [0.4, 0.5) is 23.8 Å². The number of urea groups is 1. The van der Waals surface area contributed by atoms with Gasteiger partial charge in [0.2, 0.25) is 5.91 Å². The zero-order chi connectivity index (χ0) is 17.7. The summed E-state index contributed by atoms with van der Waals surface area (Å²) in [5.74, 6) is -0.249. The standard InChI is InChI=1S/C14H14F3N5O2/c1-18-12(23)8-19-13(24)20-11-5-6-22(21-11)10-4-2-3-9(7-10)14(15,16)17/h2-7H,8H2,1H3,(H,18,23)(H2,19,20,21,24). The van der Waals surface area contributed by atoms with Crippen molar-refractivity contribution < 1.29 is 22.8 Å². The Bertz CT molecular complexity index is 742. The molecule has 1 heterocycles. The predicted molar refractivity (Wildman–Crippen MR) is 79.7 cm³/mol. The highest BCUT2D eigenvalue weighted by molar-refractivity contribution is 5.91. The maximum Gasteiger partial charge on any atom is 0.416 e.